The van der Waals surface area contributed by atoms with Crippen LogP contribution in [0.2, 0.25) is 0 Å². The molecule has 32 heavy (non-hydrogen) atoms. The molecule has 3 aromatic carbocycles. The van der Waals surface area contributed by atoms with E-state index in [1.165, 1.54) is 11.6 Å². The molecule has 0 saturated carbocycles. The average molecular weight is 415 g/mol. The Bertz CT molecular complexity index is 1370. The molecule has 0 radical (unpaired) electrons. The Kier molecular flexibility index (Phi) is 6.20. The summed E-state index contributed by atoms with van der Waals surface area (Å²) in [6.07, 6.45) is 8.61. The number of amides is 1. The normalized spacial score (nSPS) is 11.4. The first-order valence-electron chi connectivity index (χ1n) is 10.2. The second kappa shape index (κ2) is 9.55. The van der Waals surface area contributed by atoms with Crippen molar-refractivity contribution in [3.63, 3.8) is 0 Å². The number of nitrogens with zero attached hydrogens (tertiary/aromatic N) is 2. The molecule has 4 rings (SSSR count). The highest BCUT2D eigenvalue weighted by Crippen LogP contribution is 2.25. The second-order valence-electron chi connectivity index (χ2n) is 7.39. The van der Waals surface area contributed by atoms with Crippen molar-refractivity contribution in [1.29, 1.82) is 5.26 Å². The van der Waals surface area contributed by atoms with Crippen LogP contribution in [-0.4, -0.2) is 10.9 Å². The molecule has 0 unspecified atom stereocenters. The number of pyridine rings is 1. The molecule has 0 bridgehead atoms. The fourth-order valence-corrected chi connectivity index (χ4v) is 3.49. The van der Waals surface area contributed by atoms with Crippen molar-refractivity contribution in [2.24, 2.45) is 0 Å². The van der Waals surface area contributed by atoms with Gasteiger partial charge in [0.1, 0.15) is 0 Å². The maximum atomic E-state index is 12.6. The Morgan fingerprint density at radius 1 is 1.00 bits per heavy atom. The van der Waals surface area contributed by atoms with Gasteiger partial charge in [-0.25, -0.2) is 0 Å². The molecule has 0 aliphatic carbocycles. The number of nitriles is 1. The van der Waals surface area contributed by atoms with Crippen molar-refractivity contribution in [2.45, 2.75) is 6.92 Å². The van der Waals surface area contributed by atoms with Gasteiger partial charge in [-0.2, -0.15) is 5.26 Å². The quantitative estimate of drug-likeness (QED) is 0.319. The average Bonchev–Trinajstić information content (AvgIpc) is 2.83. The van der Waals surface area contributed by atoms with Gasteiger partial charge in [-0.3, -0.25) is 9.78 Å². The lowest BCUT2D eigenvalue weighted by Gasteiger charge is -2.09. The number of hydrogen-bond donors (Lipinski definition) is 1. The van der Waals surface area contributed by atoms with Crippen LogP contribution in [0.5, 0.6) is 0 Å². The minimum absolute atomic E-state index is 0.223. The van der Waals surface area contributed by atoms with Crippen LogP contribution in [-0.2, 0) is 4.79 Å². The molecule has 4 heteroatoms. The highest BCUT2D eigenvalue weighted by atomic mass is 16.1. The number of allylic oxidation sites excluding steroid dienone is 2. The van der Waals surface area contributed by atoms with Gasteiger partial charge in [0, 0.05) is 34.9 Å². The number of carbonyl (C=O) groups excluding carboxylic acids is 1. The van der Waals surface area contributed by atoms with Crippen LogP contribution in [0.4, 0.5) is 5.69 Å². The maximum Gasteiger partial charge on any atom is 0.248 e. The molecule has 1 N–H and O–H groups in total. The molecule has 0 atom stereocenters. The zero-order chi connectivity index (χ0) is 22.3. The smallest absolute Gasteiger partial charge is 0.248 e. The fraction of sp³-hybridized carbons (Fsp3) is 0.0357. The zero-order valence-electron chi connectivity index (χ0n) is 17.6. The molecule has 1 heterocycles. The van der Waals surface area contributed by atoms with Crippen LogP contribution < -0.4 is 5.32 Å². The summed E-state index contributed by atoms with van der Waals surface area (Å²) in [7, 11) is 0. The molecule has 0 saturated heterocycles. The molecule has 154 valence electrons. The van der Waals surface area contributed by atoms with Crippen molar-refractivity contribution < 1.29 is 4.79 Å². The van der Waals surface area contributed by atoms with E-state index in [0.717, 1.165) is 33.2 Å². The minimum atomic E-state index is -0.223. The lowest BCUT2D eigenvalue weighted by Crippen LogP contribution is -2.08. The summed E-state index contributed by atoms with van der Waals surface area (Å²) in [6, 6.07) is 25.4. The Balaban J connectivity index is 1.62. The molecular weight excluding hydrogens is 394 g/mol. The Labute approximate surface area is 187 Å². The number of hydrogen-bond acceptors (Lipinski definition) is 3. The first-order valence-corrected chi connectivity index (χ1v) is 10.2. The highest BCUT2D eigenvalue weighted by molar-refractivity contribution is 6.06. The molecule has 0 aliphatic rings. The highest BCUT2D eigenvalue weighted by Gasteiger charge is 2.06. The zero-order valence-corrected chi connectivity index (χ0v) is 17.6. The van der Waals surface area contributed by atoms with Crippen molar-refractivity contribution in [3.05, 3.63) is 126 Å². The van der Waals surface area contributed by atoms with E-state index in [0.29, 0.717) is 5.56 Å². The first-order chi connectivity index (χ1) is 15.6. The van der Waals surface area contributed by atoms with Gasteiger partial charge in [0.15, 0.2) is 0 Å². The van der Waals surface area contributed by atoms with Crippen LogP contribution >= 0.6 is 0 Å². The van der Waals surface area contributed by atoms with Crippen LogP contribution in [0.15, 0.2) is 103 Å². The monoisotopic (exact) mass is 415 g/mol. The molecule has 4 aromatic rings. The second-order valence-corrected chi connectivity index (χ2v) is 7.39. The van der Waals surface area contributed by atoms with E-state index in [1.54, 1.807) is 24.5 Å². The minimum Gasteiger partial charge on any atom is -0.322 e. The van der Waals surface area contributed by atoms with Crippen LogP contribution in [0, 0.1) is 18.3 Å². The lowest BCUT2D eigenvalue weighted by molar-refractivity contribution is -0.111. The molecule has 0 aliphatic heterocycles. The molecule has 0 spiro atoms. The number of benzene rings is 3. The molecule has 0 fully saturated rings. The topological polar surface area (TPSA) is 65.8 Å². The molecular formula is C28H21N3O. The summed E-state index contributed by atoms with van der Waals surface area (Å²) in [5.74, 6) is -0.223. The fourth-order valence-electron chi connectivity index (χ4n) is 3.49. The van der Waals surface area contributed by atoms with Gasteiger partial charge in [0.25, 0.3) is 0 Å². The van der Waals surface area contributed by atoms with E-state index in [1.807, 2.05) is 79.7 Å². The Hall–Kier alpha value is -4.49. The number of fused-ring (bicyclic) bond motifs is 1. The van der Waals surface area contributed by atoms with Crippen LogP contribution in [0.25, 0.3) is 16.3 Å². The third kappa shape index (κ3) is 4.80. The summed E-state index contributed by atoms with van der Waals surface area (Å²) >= 11 is 0. The number of rotatable bonds is 5. The van der Waals surface area contributed by atoms with E-state index >= 15 is 0 Å². The molecule has 1 aromatic heterocycles. The predicted octanol–water partition coefficient (Wildman–Crippen LogP) is 6.04. The van der Waals surface area contributed by atoms with Gasteiger partial charge in [0.05, 0.1) is 11.6 Å². The lowest BCUT2D eigenvalue weighted by atomic mass is 9.95. The number of aromatic nitrogens is 1. The summed E-state index contributed by atoms with van der Waals surface area (Å²) in [5.41, 5.74) is 5.36. The first kappa shape index (κ1) is 20.8. The third-order valence-electron chi connectivity index (χ3n) is 5.11. The Morgan fingerprint density at radius 2 is 1.81 bits per heavy atom. The largest absolute Gasteiger partial charge is 0.322 e. The van der Waals surface area contributed by atoms with Gasteiger partial charge in [-0.15, -0.1) is 0 Å². The molecule has 4 nitrogen and oxygen atoms in total. The Morgan fingerprint density at radius 3 is 2.62 bits per heavy atom. The summed E-state index contributed by atoms with van der Waals surface area (Å²) in [4.78, 5) is 16.7. The maximum absolute atomic E-state index is 12.6. The van der Waals surface area contributed by atoms with Gasteiger partial charge in [0.2, 0.25) is 5.91 Å². The van der Waals surface area contributed by atoms with Crippen molar-refractivity contribution >= 4 is 27.9 Å². The van der Waals surface area contributed by atoms with E-state index in [4.69, 9.17) is 0 Å². The van der Waals surface area contributed by atoms with Crippen molar-refractivity contribution in [3.8, 4) is 6.07 Å². The predicted molar refractivity (Wildman–Crippen MR) is 129 cm³/mol. The van der Waals surface area contributed by atoms with E-state index in [9.17, 15) is 10.1 Å². The number of anilines is 1. The summed E-state index contributed by atoms with van der Waals surface area (Å²) in [6.45, 7) is 2.04. The van der Waals surface area contributed by atoms with Gasteiger partial charge in [-0.05, 0) is 47.9 Å². The standard InChI is InChI=1S/C28H21N3O/c1-20-11-13-22(14-12-20)25(23-6-2-5-21(17-23)18-29)8-4-10-28(32)31-27-9-3-7-24-19-30-16-15-26(24)27/h2-17,19H,1H3,(H,31,32). The van der Waals surface area contributed by atoms with Gasteiger partial charge >= 0.3 is 0 Å². The van der Waals surface area contributed by atoms with Crippen molar-refractivity contribution in [1.82, 2.24) is 4.98 Å². The molecule has 1 amide bonds. The van der Waals surface area contributed by atoms with Gasteiger partial charge < -0.3 is 5.32 Å². The van der Waals surface area contributed by atoms with Crippen molar-refractivity contribution in [2.75, 3.05) is 5.32 Å². The van der Waals surface area contributed by atoms with Crippen LogP contribution in [0.3, 0.4) is 0 Å². The summed E-state index contributed by atoms with van der Waals surface area (Å²) in [5, 5.41) is 14.1. The van der Waals surface area contributed by atoms with E-state index in [2.05, 4.69) is 16.4 Å². The van der Waals surface area contributed by atoms with Gasteiger partial charge in [-0.1, -0.05) is 66.2 Å². The van der Waals surface area contributed by atoms with E-state index < -0.39 is 0 Å². The number of carbonyl (C=O) groups is 1. The number of nitrogens with one attached hydrogen (secondary N) is 1. The van der Waals surface area contributed by atoms with E-state index in [-0.39, 0.29) is 5.91 Å². The van der Waals surface area contributed by atoms with Crippen LogP contribution in [0.1, 0.15) is 22.3 Å². The number of aryl methyl sites for hydroxylation is 1. The summed E-state index contributed by atoms with van der Waals surface area (Å²) < 4.78 is 0. The third-order valence-corrected chi connectivity index (χ3v) is 5.11. The SMILES string of the molecule is Cc1ccc(C(=CC=CC(=O)Nc2cccc3cnccc23)c2cccc(C#N)c2)cc1.